The van der Waals surface area contributed by atoms with Crippen LogP contribution in [-0.4, -0.2) is 42.7 Å². The summed E-state index contributed by atoms with van der Waals surface area (Å²) in [6.07, 6.45) is -9.64. The minimum absolute atomic E-state index is 0.132. The molecule has 128 valence electrons. The molecule has 0 radical (unpaired) electrons. The van der Waals surface area contributed by atoms with Gasteiger partial charge in [-0.05, 0) is 5.56 Å². The van der Waals surface area contributed by atoms with Crippen LogP contribution in [0, 0.1) is 0 Å². The second-order valence-corrected chi connectivity index (χ2v) is 5.25. The van der Waals surface area contributed by atoms with Gasteiger partial charge in [0, 0.05) is 7.11 Å². The molecule has 5 nitrogen and oxygen atoms in total. The standard InChI is InChI=1S/C10H9F5O4S.CH4O/c11-9(12,13)8(10(14,15)20(16,17)18)19-6-7-4-2-1-3-5-7;1-2/h1-5,8H,6H2,(H,16,17,18);2H,1H3. The molecule has 0 saturated heterocycles. The van der Waals surface area contributed by atoms with Crippen molar-refractivity contribution >= 4 is 10.1 Å². The summed E-state index contributed by atoms with van der Waals surface area (Å²) in [6, 6.07) is 7.01. The minimum atomic E-state index is -6.27. The molecule has 0 heterocycles. The van der Waals surface area contributed by atoms with Gasteiger partial charge in [-0.25, -0.2) is 0 Å². The van der Waals surface area contributed by atoms with Crippen LogP contribution in [0.1, 0.15) is 5.56 Å². The largest absolute Gasteiger partial charge is 0.421 e. The van der Waals surface area contributed by atoms with Gasteiger partial charge in [0.25, 0.3) is 0 Å². The third-order valence-corrected chi connectivity index (χ3v) is 3.11. The van der Waals surface area contributed by atoms with E-state index in [4.69, 9.17) is 9.66 Å². The molecule has 1 unspecified atom stereocenters. The molecule has 0 saturated carbocycles. The van der Waals surface area contributed by atoms with Crippen LogP contribution in [0.2, 0.25) is 0 Å². The zero-order chi connectivity index (χ0) is 17.6. The Bertz CT molecular complexity index is 544. The Hall–Kier alpha value is -1.30. The maximum Gasteiger partial charge on any atom is 0.421 e. The highest BCUT2D eigenvalue weighted by Crippen LogP contribution is 2.38. The number of hydrogen-bond acceptors (Lipinski definition) is 4. The second kappa shape index (κ2) is 7.81. The Morgan fingerprint density at radius 1 is 1.09 bits per heavy atom. The van der Waals surface area contributed by atoms with Crippen LogP contribution < -0.4 is 0 Å². The highest BCUT2D eigenvalue weighted by atomic mass is 32.2. The van der Waals surface area contributed by atoms with Gasteiger partial charge in [0.15, 0.2) is 0 Å². The first-order chi connectivity index (χ1) is 9.96. The van der Waals surface area contributed by atoms with Crippen LogP contribution in [0.3, 0.4) is 0 Å². The number of alkyl halides is 5. The van der Waals surface area contributed by atoms with E-state index in [9.17, 15) is 30.4 Å². The predicted octanol–water partition coefficient (Wildman–Crippen LogP) is 2.22. The fourth-order valence-electron chi connectivity index (χ4n) is 1.27. The van der Waals surface area contributed by atoms with E-state index in [0.717, 1.165) is 7.11 Å². The Labute approximate surface area is 123 Å². The summed E-state index contributed by atoms with van der Waals surface area (Å²) in [4.78, 5) is 0. The Balaban J connectivity index is 0.00000211. The van der Waals surface area contributed by atoms with Crippen molar-refractivity contribution in [1.29, 1.82) is 0 Å². The first-order valence-corrected chi connectivity index (χ1v) is 6.92. The van der Waals surface area contributed by atoms with Crippen molar-refractivity contribution in [2.24, 2.45) is 0 Å². The van der Waals surface area contributed by atoms with Crippen molar-refractivity contribution in [1.82, 2.24) is 0 Å². The average molecular weight is 352 g/mol. The molecule has 0 spiro atoms. The highest BCUT2D eigenvalue weighted by molar-refractivity contribution is 7.86. The summed E-state index contributed by atoms with van der Waals surface area (Å²) in [5.41, 5.74) is 0.132. The third kappa shape index (κ3) is 5.48. The number of rotatable bonds is 5. The molecule has 0 aliphatic heterocycles. The molecule has 0 bridgehead atoms. The van der Waals surface area contributed by atoms with E-state index in [1.807, 2.05) is 0 Å². The Morgan fingerprint density at radius 3 is 1.91 bits per heavy atom. The Kier molecular flexibility index (Phi) is 7.35. The molecular weight excluding hydrogens is 339 g/mol. The Morgan fingerprint density at radius 2 is 1.55 bits per heavy atom. The number of ether oxygens (including phenoxy) is 1. The van der Waals surface area contributed by atoms with Crippen molar-refractivity contribution in [3.05, 3.63) is 35.9 Å². The van der Waals surface area contributed by atoms with Gasteiger partial charge in [-0.15, -0.1) is 0 Å². The normalized spacial score (nSPS) is 14.0. The third-order valence-electron chi connectivity index (χ3n) is 2.21. The predicted molar refractivity (Wildman–Crippen MR) is 65.7 cm³/mol. The first-order valence-electron chi connectivity index (χ1n) is 5.48. The van der Waals surface area contributed by atoms with Crippen molar-refractivity contribution in [2.75, 3.05) is 7.11 Å². The molecule has 0 amide bonds. The molecule has 1 rings (SSSR count). The lowest BCUT2D eigenvalue weighted by atomic mass is 10.2. The van der Waals surface area contributed by atoms with Gasteiger partial charge in [-0.3, -0.25) is 4.55 Å². The molecule has 1 aromatic carbocycles. The summed E-state index contributed by atoms with van der Waals surface area (Å²) in [7, 11) is -5.27. The summed E-state index contributed by atoms with van der Waals surface area (Å²) in [5.74, 6) is 0. The summed E-state index contributed by atoms with van der Waals surface area (Å²) in [6.45, 7) is -0.893. The molecule has 0 aromatic heterocycles. The summed E-state index contributed by atoms with van der Waals surface area (Å²) in [5, 5.41) is 1.50. The van der Waals surface area contributed by atoms with Crippen molar-refractivity contribution < 1.29 is 44.8 Å². The number of benzene rings is 1. The first kappa shape index (κ1) is 20.7. The lowest BCUT2D eigenvalue weighted by Crippen LogP contribution is -2.51. The molecule has 22 heavy (non-hydrogen) atoms. The van der Waals surface area contributed by atoms with E-state index < -0.39 is 34.3 Å². The lowest BCUT2D eigenvalue weighted by molar-refractivity contribution is -0.267. The van der Waals surface area contributed by atoms with Gasteiger partial charge in [-0.1, -0.05) is 30.3 Å². The molecule has 0 aliphatic carbocycles. The molecular formula is C11H13F5O5S. The monoisotopic (exact) mass is 352 g/mol. The molecule has 0 fully saturated rings. The van der Waals surface area contributed by atoms with Crippen LogP contribution >= 0.6 is 0 Å². The van der Waals surface area contributed by atoms with Crippen LogP contribution in [0.5, 0.6) is 0 Å². The topological polar surface area (TPSA) is 83.8 Å². The SMILES string of the molecule is CO.O=S(=O)(O)C(F)(F)C(OCc1ccccc1)C(F)(F)F. The zero-order valence-electron chi connectivity index (χ0n) is 11.1. The minimum Gasteiger partial charge on any atom is -0.400 e. The highest BCUT2D eigenvalue weighted by Gasteiger charge is 2.64. The molecule has 2 N–H and O–H groups in total. The van der Waals surface area contributed by atoms with Crippen LogP contribution in [0.4, 0.5) is 22.0 Å². The van der Waals surface area contributed by atoms with E-state index in [2.05, 4.69) is 4.74 Å². The smallest absolute Gasteiger partial charge is 0.400 e. The van der Waals surface area contributed by atoms with Gasteiger partial charge < -0.3 is 9.84 Å². The number of aliphatic hydroxyl groups is 1. The lowest BCUT2D eigenvalue weighted by Gasteiger charge is -2.26. The van der Waals surface area contributed by atoms with Gasteiger partial charge in [0.05, 0.1) is 6.61 Å². The van der Waals surface area contributed by atoms with E-state index in [1.54, 1.807) is 0 Å². The van der Waals surface area contributed by atoms with E-state index in [0.29, 0.717) is 0 Å². The number of hydrogen-bond donors (Lipinski definition) is 2. The maximum absolute atomic E-state index is 13.1. The molecule has 1 atom stereocenters. The second-order valence-electron chi connectivity index (χ2n) is 3.76. The van der Waals surface area contributed by atoms with Gasteiger partial charge in [0.2, 0.25) is 6.10 Å². The molecule has 11 heteroatoms. The van der Waals surface area contributed by atoms with E-state index in [1.165, 1.54) is 30.3 Å². The molecule has 1 aromatic rings. The van der Waals surface area contributed by atoms with E-state index >= 15 is 0 Å². The summed E-state index contributed by atoms with van der Waals surface area (Å²) < 4.78 is 96.6. The van der Waals surface area contributed by atoms with Crippen molar-refractivity contribution in [2.45, 2.75) is 24.1 Å². The van der Waals surface area contributed by atoms with Crippen molar-refractivity contribution in [3.8, 4) is 0 Å². The quantitative estimate of drug-likeness (QED) is 0.627. The fourth-order valence-corrected chi connectivity index (χ4v) is 1.74. The maximum atomic E-state index is 13.1. The average Bonchev–Trinajstić information content (AvgIpc) is 2.39. The molecule has 0 aliphatic rings. The van der Waals surface area contributed by atoms with Crippen LogP contribution in [0.15, 0.2) is 30.3 Å². The van der Waals surface area contributed by atoms with Crippen LogP contribution in [0.25, 0.3) is 0 Å². The van der Waals surface area contributed by atoms with Gasteiger partial charge >= 0.3 is 21.5 Å². The van der Waals surface area contributed by atoms with E-state index in [-0.39, 0.29) is 5.56 Å². The van der Waals surface area contributed by atoms with Crippen LogP contribution in [-0.2, 0) is 21.5 Å². The number of halogens is 5. The van der Waals surface area contributed by atoms with Crippen molar-refractivity contribution in [3.63, 3.8) is 0 Å². The zero-order valence-corrected chi connectivity index (χ0v) is 11.9. The van der Waals surface area contributed by atoms with Gasteiger partial charge in [-0.2, -0.15) is 30.4 Å². The number of aliphatic hydroxyl groups excluding tert-OH is 1. The van der Waals surface area contributed by atoms with Gasteiger partial charge in [0.1, 0.15) is 0 Å². The fraction of sp³-hybridized carbons (Fsp3) is 0.455. The summed E-state index contributed by atoms with van der Waals surface area (Å²) >= 11 is 0.